The number of rotatable bonds is 2. The molecular weight excluding hydrogens is 279 g/mol. The molecule has 0 bridgehead atoms. The van der Waals surface area contributed by atoms with Gasteiger partial charge in [0.25, 0.3) is 5.91 Å². The molecule has 1 N–H and O–H groups in total. The van der Waals surface area contributed by atoms with Gasteiger partial charge >= 0.3 is 5.97 Å². The molecule has 1 atom stereocenters. The van der Waals surface area contributed by atoms with Crippen molar-refractivity contribution in [2.45, 2.75) is 18.9 Å². The summed E-state index contributed by atoms with van der Waals surface area (Å²) in [5.41, 5.74) is 0.258. The minimum absolute atomic E-state index is 0.108. The zero-order valence-corrected chi connectivity index (χ0v) is 10.8. The first-order chi connectivity index (χ1) is 8.49. The minimum Gasteiger partial charge on any atom is -0.480 e. The maximum absolute atomic E-state index is 12.2. The lowest BCUT2D eigenvalue weighted by Crippen LogP contribution is -2.40. The Bertz CT molecular complexity index is 487. The Morgan fingerprint density at radius 2 is 1.94 bits per heavy atom. The molecular formula is C11H10Cl2N2O3. The number of hydrogen-bond acceptors (Lipinski definition) is 3. The lowest BCUT2D eigenvalue weighted by atomic mass is 10.2. The molecule has 0 aromatic carbocycles. The average Bonchev–Trinajstić information content (AvgIpc) is 2.75. The number of likely N-dealkylation sites (tertiary alicyclic amines) is 1. The summed E-state index contributed by atoms with van der Waals surface area (Å²) in [7, 11) is 0. The van der Waals surface area contributed by atoms with Crippen molar-refractivity contribution in [1.82, 2.24) is 9.88 Å². The van der Waals surface area contributed by atoms with Gasteiger partial charge in [-0.1, -0.05) is 23.2 Å². The van der Waals surface area contributed by atoms with Crippen LogP contribution in [0.5, 0.6) is 0 Å². The summed E-state index contributed by atoms with van der Waals surface area (Å²) in [6.07, 6.45) is 1.14. The summed E-state index contributed by atoms with van der Waals surface area (Å²) in [6.45, 7) is 0.424. The Morgan fingerprint density at radius 1 is 1.33 bits per heavy atom. The third-order valence-electron chi connectivity index (χ3n) is 2.81. The van der Waals surface area contributed by atoms with Gasteiger partial charge in [0.05, 0.1) is 0 Å². The van der Waals surface area contributed by atoms with Gasteiger partial charge in [0.2, 0.25) is 0 Å². The van der Waals surface area contributed by atoms with Gasteiger partial charge in [0.15, 0.2) is 0 Å². The number of carbonyl (C=O) groups excluding carboxylic acids is 1. The largest absolute Gasteiger partial charge is 0.480 e. The van der Waals surface area contributed by atoms with E-state index in [-0.39, 0.29) is 21.8 Å². The van der Waals surface area contributed by atoms with Crippen molar-refractivity contribution in [3.05, 3.63) is 28.0 Å². The van der Waals surface area contributed by atoms with Gasteiger partial charge in [-0.05, 0) is 25.0 Å². The van der Waals surface area contributed by atoms with Crippen LogP contribution in [0, 0.1) is 0 Å². The van der Waals surface area contributed by atoms with E-state index in [1.807, 2.05) is 0 Å². The molecule has 7 heteroatoms. The fourth-order valence-corrected chi connectivity index (χ4v) is 2.48. The van der Waals surface area contributed by atoms with Crippen molar-refractivity contribution in [3.8, 4) is 0 Å². The number of aliphatic carboxylic acids is 1. The summed E-state index contributed by atoms with van der Waals surface area (Å²) in [5.74, 6) is -1.38. The van der Waals surface area contributed by atoms with E-state index >= 15 is 0 Å². The number of pyridine rings is 1. The van der Waals surface area contributed by atoms with Crippen molar-refractivity contribution in [3.63, 3.8) is 0 Å². The van der Waals surface area contributed by atoms with Crippen LogP contribution in [0.15, 0.2) is 12.1 Å². The number of carbonyl (C=O) groups is 2. The smallest absolute Gasteiger partial charge is 0.326 e. The predicted octanol–water partition coefficient (Wildman–Crippen LogP) is 2.08. The van der Waals surface area contributed by atoms with E-state index < -0.39 is 12.0 Å². The Kier molecular flexibility index (Phi) is 3.73. The van der Waals surface area contributed by atoms with E-state index in [0.29, 0.717) is 19.4 Å². The number of halogens is 2. The molecule has 2 heterocycles. The molecule has 5 nitrogen and oxygen atoms in total. The first-order valence-electron chi connectivity index (χ1n) is 5.36. The van der Waals surface area contributed by atoms with Gasteiger partial charge < -0.3 is 10.0 Å². The lowest BCUT2D eigenvalue weighted by Gasteiger charge is -2.21. The molecule has 1 fully saturated rings. The van der Waals surface area contributed by atoms with Crippen molar-refractivity contribution in [1.29, 1.82) is 0 Å². The third-order valence-corrected chi connectivity index (χ3v) is 3.20. The Hall–Kier alpha value is -1.33. The SMILES string of the molecule is O=C(O)C1CCCN1C(=O)c1cc(Cl)nc(Cl)c1. The van der Waals surface area contributed by atoms with E-state index in [2.05, 4.69) is 4.98 Å². The highest BCUT2D eigenvalue weighted by atomic mass is 35.5. The first kappa shape index (κ1) is 13.1. The molecule has 1 aliphatic rings. The second-order valence-corrected chi connectivity index (χ2v) is 4.77. The molecule has 1 unspecified atom stereocenters. The summed E-state index contributed by atoms with van der Waals surface area (Å²) < 4.78 is 0. The highest BCUT2D eigenvalue weighted by Crippen LogP contribution is 2.22. The molecule has 1 aromatic rings. The maximum Gasteiger partial charge on any atom is 0.326 e. The first-order valence-corrected chi connectivity index (χ1v) is 6.11. The highest BCUT2D eigenvalue weighted by Gasteiger charge is 2.34. The van der Waals surface area contributed by atoms with E-state index in [4.69, 9.17) is 28.3 Å². The molecule has 96 valence electrons. The molecule has 0 radical (unpaired) electrons. The van der Waals surface area contributed by atoms with Crippen LogP contribution in [-0.2, 0) is 4.79 Å². The number of aromatic nitrogens is 1. The van der Waals surface area contributed by atoms with Gasteiger partial charge in [-0.3, -0.25) is 4.79 Å². The fourth-order valence-electron chi connectivity index (χ4n) is 2.02. The van der Waals surface area contributed by atoms with Crippen LogP contribution in [0.25, 0.3) is 0 Å². The Morgan fingerprint density at radius 3 is 2.50 bits per heavy atom. The van der Waals surface area contributed by atoms with Crippen LogP contribution in [0.3, 0.4) is 0 Å². The van der Waals surface area contributed by atoms with Crippen molar-refractivity contribution < 1.29 is 14.7 Å². The summed E-state index contributed by atoms with van der Waals surface area (Å²) >= 11 is 11.4. The number of hydrogen-bond donors (Lipinski definition) is 1. The molecule has 18 heavy (non-hydrogen) atoms. The van der Waals surface area contributed by atoms with Crippen LogP contribution in [-0.4, -0.2) is 39.5 Å². The molecule has 1 amide bonds. The van der Waals surface area contributed by atoms with Gasteiger partial charge in [0.1, 0.15) is 16.3 Å². The zero-order chi connectivity index (χ0) is 13.3. The average molecular weight is 289 g/mol. The van der Waals surface area contributed by atoms with Crippen LogP contribution in [0.1, 0.15) is 23.2 Å². The van der Waals surface area contributed by atoms with Gasteiger partial charge in [-0.2, -0.15) is 0 Å². The lowest BCUT2D eigenvalue weighted by molar-refractivity contribution is -0.141. The molecule has 2 rings (SSSR count). The molecule has 1 saturated heterocycles. The topological polar surface area (TPSA) is 70.5 Å². The molecule has 1 aliphatic heterocycles. The zero-order valence-electron chi connectivity index (χ0n) is 9.27. The molecule has 0 saturated carbocycles. The standard InChI is InChI=1S/C11H10Cl2N2O3/c12-8-4-6(5-9(13)14-8)10(16)15-3-1-2-7(15)11(17)18/h4-5,7H,1-3H2,(H,17,18). The van der Waals surface area contributed by atoms with Gasteiger partial charge in [-0.25, -0.2) is 9.78 Å². The van der Waals surface area contributed by atoms with Crippen LogP contribution in [0.4, 0.5) is 0 Å². The molecule has 0 spiro atoms. The van der Waals surface area contributed by atoms with E-state index in [1.165, 1.54) is 17.0 Å². The number of nitrogens with zero attached hydrogens (tertiary/aromatic N) is 2. The third kappa shape index (κ3) is 2.57. The summed E-state index contributed by atoms with van der Waals surface area (Å²) in [4.78, 5) is 28.3. The van der Waals surface area contributed by atoms with Gasteiger partial charge in [-0.15, -0.1) is 0 Å². The van der Waals surface area contributed by atoms with E-state index in [1.54, 1.807) is 0 Å². The Balaban J connectivity index is 2.28. The van der Waals surface area contributed by atoms with Crippen molar-refractivity contribution in [2.24, 2.45) is 0 Å². The quantitative estimate of drug-likeness (QED) is 0.846. The molecule has 1 aromatic heterocycles. The van der Waals surface area contributed by atoms with Crippen molar-refractivity contribution >= 4 is 35.1 Å². The number of carboxylic acids is 1. The van der Waals surface area contributed by atoms with Crippen LogP contribution >= 0.6 is 23.2 Å². The Labute approximate surface area is 113 Å². The summed E-state index contributed by atoms with van der Waals surface area (Å²) in [5, 5.41) is 9.25. The van der Waals surface area contributed by atoms with Gasteiger partial charge in [0, 0.05) is 12.1 Å². The normalized spacial score (nSPS) is 19.0. The van der Waals surface area contributed by atoms with Crippen LogP contribution in [0.2, 0.25) is 10.3 Å². The summed E-state index contributed by atoms with van der Waals surface area (Å²) in [6, 6.07) is 1.99. The fraction of sp³-hybridized carbons (Fsp3) is 0.364. The van der Waals surface area contributed by atoms with E-state index in [0.717, 1.165) is 0 Å². The van der Waals surface area contributed by atoms with Crippen molar-refractivity contribution in [2.75, 3.05) is 6.54 Å². The highest BCUT2D eigenvalue weighted by molar-refractivity contribution is 6.33. The van der Waals surface area contributed by atoms with Crippen LogP contribution < -0.4 is 0 Å². The predicted molar refractivity (Wildman–Crippen MR) is 66.0 cm³/mol. The molecule has 0 aliphatic carbocycles. The monoisotopic (exact) mass is 288 g/mol. The number of carboxylic acid groups (broad SMARTS) is 1. The second kappa shape index (κ2) is 5.12. The second-order valence-electron chi connectivity index (χ2n) is 4.00. The van der Waals surface area contributed by atoms with E-state index in [9.17, 15) is 9.59 Å². The minimum atomic E-state index is -0.993. The maximum atomic E-state index is 12.2. The number of amides is 1.